The fraction of sp³-hybridized carbons (Fsp3) is 0.958. The Morgan fingerprint density at radius 3 is 2.24 bits per heavy atom. The van der Waals surface area contributed by atoms with Crippen LogP contribution in [0, 0.1) is 0 Å². The van der Waals surface area contributed by atoms with E-state index in [-0.39, 0.29) is 31.7 Å². The fourth-order valence-electron chi connectivity index (χ4n) is 5.97. The van der Waals surface area contributed by atoms with Crippen molar-refractivity contribution < 1.29 is 54.0 Å². The first kappa shape index (κ1) is 32.8. The lowest BCUT2D eigenvalue weighted by Gasteiger charge is -2.51. The first-order valence-corrected chi connectivity index (χ1v) is 14.0. The van der Waals surface area contributed by atoms with Crippen LogP contribution in [-0.2, 0) is 28.5 Å². The highest BCUT2D eigenvalue weighted by molar-refractivity contribution is 5.78. The second kappa shape index (κ2) is 14.1. The third kappa shape index (κ3) is 7.17. The molecular weight excluding hydrogens is 548 g/mol. The monoisotopic (exact) mass is 594 g/mol. The first-order chi connectivity index (χ1) is 19.5. The van der Waals surface area contributed by atoms with E-state index in [1.54, 1.807) is 14.1 Å². The van der Waals surface area contributed by atoms with Gasteiger partial charge in [0.05, 0.1) is 43.5 Å². The third-order valence-corrected chi connectivity index (χ3v) is 8.23. The molecule has 16 atom stereocenters. The van der Waals surface area contributed by atoms with Crippen molar-refractivity contribution in [2.24, 2.45) is 17.2 Å². The van der Waals surface area contributed by atoms with E-state index in [1.807, 2.05) is 0 Å². The Labute approximate surface area is 237 Å². The molecule has 10 unspecified atom stereocenters. The molecule has 3 saturated heterocycles. The molecule has 0 radical (unpaired) electrons. The number of amides is 1. The Morgan fingerprint density at radius 1 is 0.854 bits per heavy atom. The smallest absolute Gasteiger partial charge is 0.234 e. The van der Waals surface area contributed by atoms with E-state index in [0.717, 1.165) is 0 Å². The van der Waals surface area contributed by atoms with Gasteiger partial charge in [0.25, 0.3) is 0 Å². The Balaban J connectivity index is 1.39. The summed E-state index contributed by atoms with van der Waals surface area (Å²) in [6.45, 7) is -0.372. The molecule has 1 saturated carbocycles. The van der Waals surface area contributed by atoms with E-state index >= 15 is 0 Å². The second-order valence-corrected chi connectivity index (χ2v) is 11.2. The van der Waals surface area contributed by atoms with Gasteiger partial charge >= 0.3 is 0 Å². The summed E-state index contributed by atoms with van der Waals surface area (Å²) in [5.74, 6) is -0.318. The second-order valence-electron chi connectivity index (χ2n) is 11.2. The summed E-state index contributed by atoms with van der Waals surface area (Å²) in [5, 5.41) is 60.9. The van der Waals surface area contributed by atoms with Crippen LogP contribution in [0.2, 0.25) is 0 Å². The van der Waals surface area contributed by atoms with Gasteiger partial charge in [-0.3, -0.25) is 4.79 Å². The largest absolute Gasteiger partial charge is 0.394 e. The number of aliphatic hydroxyl groups is 5. The van der Waals surface area contributed by atoms with E-state index in [1.165, 1.54) is 0 Å². The summed E-state index contributed by atoms with van der Waals surface area (Å²) in [6, 6.07) is -3.61. The number of ether oxygens (including phenoxy) is 5. The summed E-state index contributed by atoms with van der Waals surface area (Å²) >= 11 is 0. The number of carbonyl (C=O) groups is 1. The Bertz CT molecular complexity index is 863. The lowest BCUT2D eigenvalue weighted by Crippen LogP contribution is -2.69. The molecule has 0 bridgehead atoms. The Hall–Kier alpha value is -1.13. The van der Waals surface area contributed by atoms with Gasteiger partial charge in [-0.15, -0.1) is 0 Å². The number of rotatable bonds is 9. The topological polar surface area (TPSA) is 279 Å². The van der Waals surface area contributed by atoms with Crippen LogP contribution in [0.15, 0.2) is 0 Å². The number of carbonyl (C=O) groups excluding carboxylic acids is 1. The number of nitrogens with two attached hydrogens (primary N) is 3. The van der Waals surface area contributed by atoms with Crippen LogP contribution >= 0.6 is 0 Å². The lowest BCUT2D eigenvalue weighted by atomic mass is 9.84. The van der Waals surface area contributed by atoms with E-state index in [4.69, 9.17) is 40.9 Å². The van der Waals surface area contributed by atoms with Crippen molar-refractivity contribution >= 4 is 5.91 Å². The molecule has 0 aromatic rings. The van der Waals surface area contributed by atoms with Gasteiger partial charge in [0, 0.05) is 18.5 Å². The highest BCUT2D eigenvalue weighted by Crippen LogP contribution is 2.35. The number of nitrogens with one attached hydrogen (secondary N) is 3. The molecule has 1 aliphatic carbocycles. The van der Waals surface area contributed by atoms with E-state index in [9.17, 15) is 30.3 Å². The fourth-order valence-corrected chi connectivity index (χ4v) is 5.97. The molecule has 17 heteroatoms. The first-order valence-electron chi connectivity index (χ1n) is 14.0. The molecule has 3 aliphatic heterocycles. The molecule has 0 spiro atoms. The minimum absolute atomic E-state index is 0.0542. The molecule has 41 heavy (non-hydrogen) atoms. The minimum Gasteiger partial charge on any atom is -0.394 e. The van der Waals surface area contributed by atoms with Crippen molar-refractivity contribution in [2.75, 3.05) is 27.2 Å². The van der Waals surface area contributed by atoms with Crippen molar-refractivity contribution in [3.8, 4) is 0 Å². The Kier molecular flexibility index (Phi) is 11.3. The summed E-state index contributed by atoms with van der Waals surface area (Å²) in [7, 11) is 3.20. The molecule has 4 fully saturated rings. The van der Waals surface area contributed by atoms with Gasteiger partial charge < -0.3 is 82.4 Å². The SMILES string of the molecule is CNCC(=O)N[C@H]1CC(O)[C@@H](OC2O[C@H]3CC(N)[C@@H](O[C@@H]4C(N)C[C@@H](N)C(O)C4O)OC3C(O)C2NC)OC1CO. The molecule has 0 aromatic carbocycles. The van der Waals surface area contributed by atoms with Crippen LogP contribution in [0.3, 0.4) is 0 Å². The average Bonchev–Trinajstić information content (AvgIpc) is 2.92. The van der Waals surface area contributed by atoms with Crippen LogP contribution in [0.5, 0.6) is 0 Å². The highest BCUT2D eigenvalue weighted by Gasteiger charge is 2.53. The quantitative estimate of drug-likeness (QED) is 0.118. The molecule has 238 valence electrons. The minimum atomic E-state index is -1.35. The van der Waals surface area contributed by atoms with Crippen LogP contribution in [-0.4, -0.2) is 157 Å². The van der Waals surface area contributed by atoms with E-state index in [2.05, 4.69) is 16.0 Å². The maximum atomic E-state index is 12.0. The van der Waals surface area contributed by atoms with Gasteiger partial charge in [-0.1, -0.05) is 0 Å². The standard InChI is InChI=1S/C24H46N6O11/c1-28-6-15(33)30-11-5-12(32)23(38-14(11)7-31)41-24-16(29-2)18(35)21-13(37-24)4-10(27)22(40-21)39-20-9(26)3-8(25)17(34)19(20)36/h8-14,16-24,28-29,31-32,34-36H,3-7,25-27H2,1-2H3,(H,30,33)/t8-,9?,10?,11+,12?,13+,14?,16?,17?,18?,19?,20-,21?,22+,23-,24?/m1/s1. The number of hydrogen-bond acceptors (Lipinski definition) is 16. The molecule has 14 N–H and O–H groups in total. The predicted octanol–water partition coefficient (Wildman–Crippen LogP) is -6.54. The van der Waals surface area contributed by atoms with Crippen LogP contribution < -0.4 is 33.2 Å². The number of fused-ring (bicyclic) bond motifs is 1. The van der Waals surface area contributed by atoms with Gasteiger partial charge in [0.15, 0.2) is 18.9 Å². The lowest BCUT2D eigenvalue weighted by molar-refractivity contribution is -0.367. The average molecular weight is 595 g/mol. The van der Waals surface area contributed by atoms with Crippen molar-refractivity contribution in [2.45, 2.75) is 117 Å². The molecule has 0 aromatic heterocycles. The number of hydrogen-bond donors (Lipinski definition) is 11. The zero-order valence-corrected chi connectivity index (χ0v) is 23.2. The molecule has 17 nitrogen and oxygen atoms in total. The van der Waals surface area contributed by atoms with Gasteiger partial charge in [0.1, 0.15) is 36.6 Å². The van der Waals surface area contributed by atoms with Crippen molar-refractivity contribution in [3.05, 3.63) is 0 Å². The van der Waals surface area contributed by atoms with Crippen molar-refractivity contribution in [1.29, 1.82) is 0 Å². The summed E-state index contributed by atoms with van der Waals surface area (Å²) in [4.78, 5) is 12.0. The summed E-state index contributed by atoms with van der Waals surface area (Å²) in [6.07, 6.45) is -11.4. The molecule has 4 rings (SSSR count). The van der Waals surface area contributed by atoms with Crippen LogP contribution in [0.25, 0.3) is 0 Å². The molecular formula is C24H46N6O11. The van der Waals surface area contributed by atoms with Gasteiger partial charge in [-0.05, 0) is 26.9 Å². The maximum absolute atomic E-state index is 12.0. The van der Waals surface area contributed by atoms with Crippen molar-refractivity contribution in [1.82, 2.24) is 16.0 Å². The van der Waals surface area contributed by atoms with Gasteiger partial charge in [0.2, 0.25) is 5.91 Å². The van der Waals surface area contributed by atoms with Crippen LogP contribution in [0.1, 0.15) is 19.3 Å². The van der Waals surface area contributed by atoms with Crippen LogP contribution in [0.4, 0.5) is 0 Å². The normalized spacial score (nSPS) is 48.8. The maximum Gasteiger partial charge on any atom is 0.234 e. The van der Waals surface area contributed by atoms with E-state index in [0.29, 0.717) is 0 Å². The summed E-state index contributed by atoms with van der Waals surface area (Å²) < 4.78 is 29.8. The molecule has 4 aliphatic rings. The van der Waals surface area contributed by atoms with Crippen molar-refractivity contribution in [3.63, 3.8) is 0 Å². The van der Waals surface area contributed by atoms with Gasteiger partial charge in [-0.2, -0.15) is 0 Å². The van der Waals surface area contributed by atoms with Gasteiger partial charge in [-0.25, -0.2) is 0 Å². The van der Waals surface area contributed by atoms with E-state index < -0.39 is 105 Å². The third-order valence-electron chi connectivity index (χ3n) is 8.23. The molecule has 1 amide bonds. The zero-order chi connectivity index (χ0) is 30.0. The predicted molar refractivity (Wildman–Crippen MR) is 140 cm³/mol. The zero-order valence-electron chi connectivity index (χ0n) is 23.2. The highest BCUT2D eigenvalue weighted by atomic mass is 16.8. The number of aliphatic hydroxyl groups excluding tert-OH is 5. The Morgan fingerprint density at radius 2 is 1.59 bits per heavy atom. The number of likely N-dealkylation sites (N-methyl/N-ethyl adjacent to an activating group) is 2. The summed E-state index contributed by atoms with van der Waals surface area (Å²) in [5.41, 5.74) is 18.3. The molecule has 3 heterocycles.